The molecule has 0 saturated carbocycles. The lowest BCUT2D eigenvalue weighted by Crippen LogP contribution is -2.51. The maximum absolute atomic E-state index is 5.85. The normalized spacial score (nSPS) is 16.1. The van der Waals surface area contributed by atoms with Gasteiger partial charge in [0.1, 0.15) is 12.4 Å². The summed E-state index contributed by atoms with van der Waals surface area (Å²) in [4.78, 5) is 6.36. The van der Waals surface area contributed by atoms with E-state index < -0.39 is 0 Å². The topological polar surface area (TPSA) is 46.1 Å². The molecule has 130 valence electrons. The molecule has 1 aliphatic heterocycles. The van der Waals surface area contributed by atoms with E-state index in [0.717, 1.165) is 38.0 Å². The zero-order valence-corrected chi connectivity index (χ0v) is 16.9. The number of nitrogens with zero attached hydrogens (tertiary/aromatic N) is 2. The van der Waals surface area contributed by atoms with Gasteiger partial charge in [-0.2, -0.15) is 0 Å². The summed E-state index contributed by atoms with van der Waals surface area (Å²) in [7, 11) is 3.79. The van der Waals surface area contributed by atoms with Crippen molar-refractivity contribution in [1.29, 1.82) is 0 Å². The summed E-state index contributed by atoms with van der Waals surface area (Å²) in [6.07, 6.45) is 0. The average molecular weight is 454 g/mol. The largest absolute Gasteiger partial charge is 0.492 e. The van der Waals surface area contributed by atoms with Gasteiger partial charge in [0.05, 0.1) is 19.8 Å². The van der Waals surface area contributed by atoms with Gasteiger partial charge in [0.25, 0.3) is 0 Å². The van der Waals surface area contributed by atoms with Gasteiger partial charge in [-0.3, -0.25) is 4.99 Å². The summed E-state index contributed by atoms with van der Waals surface area (Å²) in [5.74, 6) is 1.69. The maximum atomic E-state index is 5.85. The molecule has 1 fully saturated rings. The van der Waals surface area contributed by atoms with E-state index >= 15 is 0 Å². The smallest absolute Gasteiger partial charge is 0.193 e. The fourth-order valence-electron chi connectivity index (χ4n) is 2.17. The second-order valence-electron chi connectivity index (χ2n) is 5.93. The van der Waals surface area contributed by atoms with Gasteiger partial charge >= 0.3 is 0 Å². The first-order valence-electron chi connectivity index (χ1n) is 7.40. The minimum absolute atomic E-state index is 0. The first-order chi connectivity index (χ1) is 10.5. The molecular weight excluding hydrogens is 429 g/mol. The number of halogens is 2. The summed E-state index contributed by atoms with van der Waals surface area (Å²) in [5.41, 5.74) is 0.219. The molecule has 0 atom stereocenters. The highest BCUT2D eigenvalue weighted by Gasteiger charge is 2.33. The van der Waals surface area contributed by atoms with Gasteiger partial charge in [-0.25, -0.2) is 0 Å². The molecule has 1 aliphatic rings. The molecular formula is C16H25ClIN3O2. The number of rotatable bonds is 6. The number of nitrogens with one attached hydrogen (secondary N) is 1. The molecule has 2 rings (SSSR count). The van der Waals surface area contributed by atoms with Crippen molar-refractivity contribution in [2.24, 2.45) is 10.4 Å². The quantitative estimate of drug-likeness (QED) is 0.409. The van der Waals surface area contributed by atoms with Gasteiger partial charge in [0.15, 0.2) is 5.96 Å². The van der Waals surface area contributed by atoms with Gasteiger partial charge in [-0.15, -0.1) is 24.0 Å². The highest BCUT2D eigenvalue weighted by Crippen LogP contribution is 2.25. The lowest BCUT2D eigenvalue weighted by atomic mass is 9.89. The standard InChI is InChI=1S/C16H24ClN3O2.HI/c1-16(11-21-12-16)10-19-15(18-2)20(3)8-9-22-14-6-4-13(17)5-7-14;/h4-7H,8-12H2,1-3H3,(H,18,19);1H. The van der Waals surface area contributed by atoms with Gasteiger partial charge in [-0.05, 0) is 24.3 Å². The second kappa shape index (κ2) is 9.54. The minimum atomic E-state index is 0. The van der Waals surface area contributed by atoms with Crippen LogP contribution in [0.25, 0.3) is 0 Å². The van der Waals surface area contributed by atoms with E-state index in [1.807, 2.05) is 31.3 Å². The fraction of sp³-hybridized carbons (Fsp3) is 0.562. The Morgan fingerprint density at radius 2 is 2.04 bits per heavy atom. The molecule has 1 aromatic carbocycles. The van der Waals surface area contributed by atoms with Crippen LogP contribution in [0.5, 0.6) is 5.75 Å². The van der Waals surface area contributed by atoms with Crippen LogP contribution in [0.15, 0.2) is 29.3 Å². The molecule has 1 N–H and O–H groups in total. The Labute approximate surface area is 160 Å². The molecule has 0 bridgehead atoms. The molecule has 1 aromatic rings. The third-order valence-corrected chi connectivity index (χ3v) is 3.91. The molecule has 23 heavy (non-hydrogen) atoms. The average Bonchev–Trinajstić information content (AvgIpc) is 2.48. The first kappa shape index (κ1) is 20.3. The Morgan fingerprint density at radius 3 is 2.57 bits per heavy atom. The van der Waals surface area contributed by atoms with E-state index in [4.69, 9.17) is 21.1 Å². The van der Waals surface area contributed by atoms with Crippen LogP contribution in [0.4, 0.5) is 0 Å². The molecule has 0 radical (unpaired) electrons. The fourth-order valence-corrected chi connectivity index (χ4v) is 2.29. The van der Waals surface area contributed by atoms with Gasteiger partial charge in [-0.1, -0.05) is 18.5 Å². The number of guanidine groups is 1. The van der Waals surface area contributed by atoms with Crippen molar-refractivity contribution in [3.05, 3.63) is 29.3 Å². The second-order valence-corrected chi connectivity index (χ2v) is 6.36. The Kier molecular flexibility index (Phi) is 8.42. The molecule has 1 heterocycles. The highest BCUT2D eigenvalue weighted by atomic mass is 127. The van der Waals surface area contributed by atoms with Crippen LogP contribution in [0.2, 0.25) is 5.02 Å². The summed E-state index contributed by atoms with van der Waals surface area (Å²) in [6.45, 7) is 6.01. The van der Waals surface area contributed by atoms with E-state index in [9.17, 15) is 0 Å². The summed E-state index contributed by atoms with van der Waals surface area (Å²) in [5, 5.41) is 4.10. The zero-order valence-electron chi connectivity index (χ0n) is 13.8. The van der Waals surface area contributed by atoms with E-state index in [1.165, 1.54) is 0 Å². The van der Waals surface area contributed by atoms with Crippen molar-refractivity contribution >= 4 is 41.5 Å². The van der Waals surface area contributed by atoms with Gasteiger partial charge < -0.3 is 19.7 Å². The van der Waals surface area contributed by atoms with Crippen LogP contribution in [-0.2, 0) is 4.74 Å². The van der Waals surface area contributed by atoms with Crippen LogP contribution < -0.4 is 10.1 Å². The first-order valence-corrected chi connectivity index (χ1v) is 7.78. The zero-order chi connectivity index (χ0) is 16.0. The molecule has 0 aromatic heterocycles. The number of ether oxygens (including phenoxy) is 2. The van der Waals surface area contributed by atoms with Crippen molar-refractivity contribution in [1.82, 2.24) is 10.2 Å². The number of likely N-dealkylation sites (N-methyl/N-ethyl adjacent to an activating group) is 1. The summed E-state index contributed by atoms with van der Waals surface area (Å²) < 4.78 is 11.0. The third kappa shape index (κ3) is 6.35. The number of aliphatic imine (C=N–C) groups is 1. The van der Waals surface area contributed by atoms with Crippen LogP contribution in [0, 0.1) is 5.41 Å². The van der Waals surface area contributed by atoms with Crippen molar-refractivity contribution in [2.45, 2.75) is 6.92 Å². The Bertz CT molecular complexity index is 507. The lowest BCUT2D eigenvalue weighted by Gasteiger charge is -2.39. The van der Waals surface area contributed by atoms with Crippen molar-refractivity contribution in [2.75, 3.05) is 47.0 Å². The summed E-state index contributed by atoms with van der Waals surface area (Å²) in [6, 6.07) is 7.38. The molecule has 0 aliphatic carbocycles. The monoisotopic (exact) mass is 453 g/mol. The predicted octanol–water partition coefficient (Wildman–Crippen LogP) is 2.88. The Hall–Kier alpha value is -0.730. The number of benzene rings is 1. The maximum Gasteiger partial charge on any atom is 0.193 e. The van der Waals surface area contributed by atoms with E-state index in [-0.39, 0.29) is 29.4 Å². The van der Waals surface area contributed by atoms with E-state index in [2.05, 4.69) is 22.1 Å². The van der Waals surface area contributed by atoms with Crippen molar-refractivity contribution in [3.63, 3.8) is 0 Å². The molecule has 0 unspecified atom stereocenters. The van der Waals surface area contributed by atoms with Gasteiger partial charge in [0.2, 0.25) is 0 Å². The number of hydrogen-bond acceptors (Lipinski definition) is 3. The van der Waals surface area contributed by atoms with Crippen molar-refractivity contribution in [3.8, 4) is 5.75 Å². The molecule has 5 nitrogen and oxygen atoms in total. The van der Waals surface area contributed by atoms with Crippen molar-refractivity contribution < 1.29 is 9.47 Å². The predicted molar refractivity (Wildman–Crippen MR) is 105 cm³/mol. The third-order valence-electron chi connectivity index (χ3n) is 3.66. The van der Waals surface area contributed by atoms with Crippen LogP contribution >= 0.6 is 35.6 Å². The summed E-state index contributed by atoms with van der Waals surface area (Å²) >= 11 is 5.85. The lowest BCUT2D eigenvalue weighted by molar-refractivity contribution is -0.0972. The van der Waals surface area contributed by atoms with Crippen LogP contribution in [0.3, 0.4) is 0 Å². The Morgan fingerprint density at radius 1 is 1.39 bits per heavy atom. The van der Waals surface area contributed by atoms with Gasteiger partial charge in [0, 0.05) is 31.1 Å². The van der Waals surface area contributed by atoms with E-state index in [1.54, 1.807) is 7.05 Å². The molecule has 7 heteroatoms. The molecule has 1 saturated heterocycles. The van der Waals surface area contributed by atoms with Crippen LogP contribution in [-0.4, -0.2) is 57.9 Å². The number of hydrogen-bond donors (Lipinski definition) is 1. The minimum Gasteiger partial charge on any atom is -0.492 e. The highest BCUT2D eigenvalue weighted by molar-refractivity contribution is 14.0. The molecule has 0 spiro atoms. The SMILES string of the molecule is CN=C(NCC1(C)COC1)N(C)CCOc1ccc(Cl)cc1.I. The van der Waals surface area contributed by atoms with E-state index in [0.29, 0.717) is 11.6 Å². The Balaban J connectivity index is 0.00000264. The van der Waals surface area contributed by atoms with Crippen LogP contribution in [0.1, 0.15) is 6.92 Å². The molecule has 0 amide bonds.